The van der Waals surface area contributed by atoms with Crippen LogP contribution in [-0.4, -0.2) is 50.3 Å². The highest BCUT2D eigenvalue weighted by Crippen LogP contribution is 2.17. The van der Waals surface area contributed by atoms with Crippen molar-refractivity contribution in [2.45, 2.75) is 50.7 Å². The van der Waals surface area contributed by atoms with Crippen molar-refractivity contribution in [3.05, 3.63) is 0 Å². The van der Waals surface area contributed by atoms with E-state index in [0.717, 1.165) is 32.3 Å². The second-order valence-electron chi connectivity index (χ2n) is 5.35. The first kappa shape index (κ1) is 12.3. The van der Waals surface area contributed by atoms with Crippen molar-refractivity contribution >= 4 is 0 Å². The molecular formula is C13H26N2O. The standard InChI is InChI=1S/C13H26N2O/c1-15-8-9-16-13(11-15)10-14-12-6-4-2-3-5-7-12/h12-14H,2-11H2,1H3. The van der Waals surface area contributed by atoms with Crippen molar-refractivity contribution in [1.29, 1.82) is 0 Å². The number of morpholine rings is 1. The fourth-order valence-corrected chi connectivity index (χ4v) is 2.77. The van der Waals surface area contributed by atoms with E-state index in [-0.39, 0.29) is 0 Å². The highest BCUT2D eigenvalue weighted by atomic mass is 16.5. The van der Waals surface area contributed by atoms with Gasteiger partial charge in [0.15, 0.2) is 0 Å². The monoisotopic (exact) mass is 226 g/mol. The number of ether oxygens (including phenoxy) is 1. The fourth-order valence-electron chi connectivity index (χ4n) is 2.77. The first-order valence-electron chi connectivity index (χ1n) is 6.88. The first-order chi connectivity index (χ1) is 7.84. The molecule has 2 rings (SSSR count). The Morgan fingerprint density at radius 2 is 1.94 bits per heavy atom. The van der Waals surface area contributed by atoms with Crippen LogP contribution in [-0.2, 0) is 4.74 Å². The summed E-state index contributed by atoms with van der Waals surface area (Å²) in [5.41, 5.74) is 0. The van der Waals surface area contributed by atoms with Crippen LogP contribution in [0.15, 0.2) is 0 Å². The van der Waals surface area contributed by atoms with Gasteiger partial charge in [-0.1, -0.05) is 25.7 Å². The molecule has 1 unspecified atom stereocenters. The molecule has 3 heteroatoms. The van der Waals surface area contributed by atoms with Gasteiger partial charge in [-0.05, 0) is 19.9 Å². The molecule has 0 bridgehead atoms. The van der Waals surface area contributed by atoms with E-state index in [4.69, 9.17) is 4.74 Å². The zero-order valence-corrected chi connectivity index (χ0v) is 10.6. The maximum Gasteiger partial charge on any atom is 0.0826 e. The summed E-state index contributed by atoms with van der Waals surface area (Å²) in [6.07, 6.45) is 8.81. The van der Waals surface area contributed by atoms with Crippen LogP contribution in [0.3, 0.4) is 0 Å². The Balaban J connectivity index is 1.65. The molecule has 0 spiro atoms. The van der Waals surface area contributed by atoms with Crippen LogP contribution in [0.2, 0.25) is 0 Å². The number of rotatable bonds is 3. The van der Waals surface area contributed by atoms with Crippen LogP contribution in [0.25, 0.3) is 0 Å². The quantitative estimate of drug-likeness (QED) is 0.740. The molecule has 2 fully saturated rings. The third-order valence-corrected chi connectivity index (χ3v) is 3.83. The van der Waals surface area contributed by atoms with E-state index in [1.54, 1.807) is 0 Å². The van der Waals surface area contributed by atoms with Crippen LogP contribution in [0, 0.1) is 0 Å². The average molecular weight is 226 g/mol. The van der Waals surface area contributed by atoms with Gasteiger partial charge in [0.25, 0.3) is 0 Å². The summed E-state index contributed by atoms with van der Waals surface area (Å²) in [4.78, 5) is 2.36. The van der Waals surface area contributed by atoms with E-state index in [1.807, 2.05) is 0 Å². The topological polar surface area (TPSA) is 24.5 Å². The SMILES string of the molecule is CN1CCOC(CNC2CCCCCC2)C1. The predicted molar refractivity (Wildman–Crippen MR) is 66.7 cm³/mol. The minimum atomic E-state index is 0.405. The van der Waals surface area contributed by atoms with E-state index in [1.165, 1.54) is 38.5 Å². The van der Waals surface area contributed by atoms with Crippen molar-refractivity contribution in [3.8, 4) is 0 Å². The fraction of sp³-hybridized carbons (Fsp3) is 1.00. The van der Waals surface area contributed by atoms with Gasteiger partial charge in [-0.25, -0.2) is 0 Å². The van der Waals surface area contributed by atoms with Crippen molar-refractivity contribution in [2.24, 2.45) is 0 Å². The van der Waals surface area contributed by atoms with E-state index < -0.39 is 0 Å². The normalized spacial score (nSPS) is 30.2. The molecule has 2 aliphatic rings. The molecule has 1 saturated carbocycles. The van der Waals surface area contributed by atoms with Gasteiger partial charge < -0.3 is 15.0 Å². The molecular weight excluding hydrogens is 200 g/mol. The smallest absolute Gasteiger partial charge is 0.0826 e. The van der Waals surface area contributed by atoms with Gasteiger partial charge in [-0.3, -0.25) is 0 Å². The number of likely N-dealkylation sites (N-methyl/N-ethyl adjacent to an activating group) is 1. The predicted octanol–water partition coefficient (Wildman–Crippen LogP) is 1.63. The third-order valence-electron chi connectivity index (χ3n) is 3.83. The molecule has 1 N–H and O–H groups in total. The van der Waals surface area contributed by atoms with Gasteiger partial charge in [-0.2, -0.15) is 0 Å². The van der Waals surface area contributed by atoms with Crippen LogP contribution >= 0.6 is 0 Å². The summed E-state index contributed by atoms with van der Waals surface area (Å²) >= 11 is 0. The molecule has 3 nitrogen and oxygen atoms in total. The number of nitrogens with zero attached hydrogens (tertiary/aromatic N) is 1. The molecule has 0 aromatic carbocycles. The van der Waals surface area contributed by atoms with Crippen molar-refractivity contribution in [3.63, 3.8) is 0 Å². The lowest BCUT2D eigenvalue weighted by atomic mass is 10.1. The van der Waals surface area contributed by atoms with Gasteiger partial charge in [0.2, 0.25) is 0 Å². The van der Waals surface area contributed by atoms with Crippen molar-refractivity contribution < 1.29 is 4.74 Å². The Morgan fingerprint density at radius 1 is 1.19 bits per heavy atom. The minimum absolute atomic E-state index is 0.405. The third kappa shape index (κ3) is 4.04. The van der Waals surface area contributed by atoms with E-state index in [2.05, 4.69) is 17.3 Å². The maximum absolute atomic E-state index is 5.77. The van der Waals surface area contributed by atoms with Crippen LogP contribution in [0.5, 0.6) is 0 Å². The van der Waals surface area contributed by atoms with Gasteiger partial charge >= 0.3 is 0 Å². The zero-order chi connectivity index (χ0) is 11.2. The highest BCUT2D eigenvalue weighted by molar-refractivity contribution is 4.76. The Kier molecular flexibility index (Phi) is 5.07. The molecule has 1 atom stereocenters. The van der Waals surface area contributed by atoms with Crippen molar-refractivity contribution in [2.75, 3.05) is 33.3 Å². The summed E-state index contributed by atoms with van der Waals surface area (Å²) in [7, 11) is 2.18. The second kappa shape index (κ2) is 6.58. The largest absolute Gasteiger partial charge is 0.374 e. The number of nitrogens with one attached hydrogen (secondary N) is 1. The molecule has 1 aliphatic heterocycles. The zero-order valence-electron chi connectivity index (χ0n) is 10.6. The molecule has 16 heavy (non-hydrogen) atoms. The maximum atomic E-state index is 5.77. The summed E-state index contributed by atoms with van der Waals surface area (Å²) in [5, 5.41) is 3.70. The molecule has 1 heterocycles. The molecule has 0 radical (unpaired) electrons. The highest BCUT2D eigenvalue weighted by Gasteiger charge is 2.19. The summed E-state index contributed by atoms with van der Waals surface area (Å²) < 4.78 is 5.77. The Labute approximate surface area is 99.5 Å². The summed E-state index contributed by atoms with van der Waals surface area (Å²) in [6.45, 7) is 4.10. The summed E-state index contributed by atoms with van der Waals surface area (Å²) in [6, 6.07) is 0.748. The molecule has 1 saturated heterocycles. The van der Waals surface area contributed by atoms with Crippen molar-refractivity contribution in [1.82, 2.24) is 10.2 Å². The van der Waals surface area contributed by atoms with Gasteiger partial charge in [0.1, 0.15) is 0 Å². The van der Waals surface area contributed by atoms with Gasteiger partial charge in [0, 0.05) is 25.7 Å². The van der Waals surface area contributed by atoms with Gasteiger partial charge in [0.05, 0.1) is 12.7 Å². The van der Waals surface area contributed by atoms with E-state index >= 15 is 0 Å². The molecule has 94 valence electrons. The minimum Gasteiger partial charge on any atom is -0.374 e. The van der Waals surface area contributed by atoms with Gasteiger partial charge in [-0.15, -0.1) is 0 Å². The lowest BCUT2D eigenvalue weighted by Crippen LogP contribution is -2.46. The van der Waals surface area contributed by atoms with Crippen LogP contribution in [0.4, 0.5) is 0 Å². The molecule has 1 aliphatic carbocycles. The van der Waals surface area contributed by atoms with Crippen LogP contribution < -0.4 is 5.32 Å². The lowest BCUT2D eigenvalue weighted by molar-refractivity contribution is -0.0194. The summed E-state index contributed by atoms with van der Waals surface area (Å²) in [5.74, 6) is 0. The lowest BCUT2D eigenvalue weighted by Gasteiger charge is -2.31. The second-order valence-corrected chi connectivity index (χ2v) is 5.35. The molecule has 0 aromatic heterocycles. The van der Waals surface area contributed by atoms with E-state index in [9.17, 15) is 0 Å². The average Bonchev–Trinajstić information content (AvgIpc) is 2.55. The Morgan fingerprint density at radius 3 is 2.62 bits per heavy atom. The Hall–Kier alpha value is -0.120. The number of hydrogen-bond acceptors (Lipinski definition) is 3. The van der Waals surface area contributed by atoms with Crippen LogP contribution in [0.1, 0.15) is 38.5 Å². The molecule has 0 aromatic rings. The number of hydrogen-bond donors (Lipinski definition) is 1. The Bertz CT molecular complexity index is 188. The first-order valence-corrected chi connectivity index (χ1v) is 6.88. The molecule has 0 amide bonds. The van der Waals surface area contributed by atoms with E-state index in [0.29, 0.717) is 6.10 Å².